The van der Waals surface area contributed by atoms with Gasteiger partial charge in [-0.05, 0) is 96.9 Å². The lowest BCUT2D eigenvalue weighted by Gasteiger charge is -2.43. The smallest absolute Gasteiger partial charge is 0.338 e. The molecule has 2 N–H and O–H groups in total. The van der Waals surface area contributed by atoms with Crippen LogP contribution in [-0.4, -0.2) is 19.0 Å². The molecule has 0 unspecified atom stereocenters. The predicted molar refractivity (Wildman–Crippen MR) is 137 cm³/mol. The van der Waals surface area contributed by atoms with Gasteiger partial charge < -0.3 is 15.4 Å². The van der Waals surface area contributed by atoms with Gasteiger partial charge in [-0.2, -0.15) is 0 Å². The van der Waals surface area contributed by atoms with Gasteiger partial charge in [0.2, 0.25) is 0 Å². The minimum Gasteiger partial charge on any atom is -0.465 e. The molecular weight excluding hydrogens is 436 g/mol. The van der Waals surface area contributed by atoms with Gasteiger partial charge >= 0.3 is 5.97 Å². The Labute approximate surface area is 205 Å². The molecule has 5 atom stereocenters. The number of anilines is 2. The third-order valence-electron chi connectivity index (χ3n) is 8.50. The largest absolute Gasteiger partial charge is 0.465 e. The number of methoxy groups -OCH3 is 1. The summed E-state index contributed by atoms with van der Waals surface area (Å²) in [5.74, 6) is 1.89. The molecule has 5 nitrogen and oxygen atoms in total. The van der Waals surface area contributed by atoms with Crippen molar-refractivity contribution in [3.63, 3.8) is 0 Å². The first-order valence-electron chi connectivity index (χ1n) is 12.5. The summed E-state index contributed by atoms with van der Waals surface area (Å²) >= 11 is 0. The number of benzene rings is 3. The maximum absolute atomic E-state index is 13.3. The standard InChI is InChI=1S/C30H30N2O3/c1-17-22(30(34)35-2)9-6-10-24(17)32-29(33)21-13-14-25-23(16-21)26-19-11-12-20(15-19)27(26)28(31-25)18-7-4-3-5-8-18/h3-10,13-14,16,19-20,26-28,31H,11-12,15H2,1-2H3,(H,32,33)/t19-,20-,26-,27+,28-/m0/s1. The summed E-state index contributed by atoms with van der Waals surface area (Å²) in [6, 6.07) is 22.5. The first kappa shape index (κ1) is 21.9. The number of fused-ring (bicyclic) bond motifs is 7. The van der Waals surface area contributed by atoms with E-state index < -0.39 is 5.97 Å². The van der Waals surface area contributed by atoms with Crippen LogP contribution in [0.3, 0.4) is 0 Å². The summed E-state index contributed by atoms with van der Waals surface area (Å²) in [7, 11) is 1.36. The van der Waals surface area contributed by atoms with Crippen LogP contribution in [0.4, 0.5) is 11.4 Å². The highest BCUT2D eigenvalue weighted by atomic mass is 16.5. The molecule has 3 aromatic carbocycles. The van der Waals surface area contributed by atoms with Crippen molar-refractivity contribution in [2.45, 2.75) is 38.1 Å². The molecule has 3 aromatic rings. The molecule has 178 valence electrons. The molecule has 5 heteroatoms. The second-order valence-corrected chi connectivity index (χ2v) is 10.2. The monoisotopic (exact) mass is 466 g/mol. The molecule has 1 amide bonds. The van der Waals surface area contributed by atoms with E-state index in [9.17, 15) is 9.59 Å². The number of ether oxygens (including phenoxy) is 1. The third-order valence-corrected chi connectivity index (χ3v) is 8.50. The number of carbonyl (C=O) groups excluding carboxylic acids is 2. The van der Waals surface area contributed by atoms with E-state index >= 15 is 0 Å². The number of nitrogens with one attached hydrogen (secondary N) is 2. The fraction of sp³-hybridized carbons (Fsp3) is 0.333. The van der Waals surface area contributed by atoms with Crippen molar-refractivity contribution in [1.29, 1.82) is 0 Å². The van der Waals surface area contributed by atoms with Crippen molar-refractivity contribution in [2.24, 2.45) is 17.8 Å². The van der Waals surface area contributed by atoms with Crippen LogP contribution in [0.5, 0.6) is 0 Å². The maximum atomic E-state index is 13.3. The Hall–Kier alpha value is -3.60. The quantitative estimate of drug-likeness (QED) is 0.441. The molecular formula is C30H30N2O3. The maximum Gasteiger partial charge on any atom is 0.338 e. The lowest BCUT2D eigenvalue weighted by atomic mass is 9.68. The second kappa shape index (κ2) is 8.56. The average Bonchev–Trinajstić information content (AvgIpc) is 3.52. The number of carbonyl (C=O) groups is 2. The van der Waals surface area contributed by atoms with Gasteiger partial charge in [0, 0.05) is 16.9 Å². The minimum atomic E-state index is -0.409. The van der Waals surface area contributed by atoms with Crippen molar-refractivity contribution in [1.82, 2.24) is 0 Å². The van der Waals surface area contributed by atoms with Crippen molar-refractivity contribution in [3.05, 3.63) is 94.5 Å². The van der Waals surface area contributed by atoms with E-state index in [0.29, 0.717) is 46.2 Å². The van der Waals surface area contributed by atoms with Gasteiger partial charge in [0.15, 0.2) is 0 Å². The molecule has 0 saturated heterocycles. The first-order chi connectivity index (χ1) is 17.0. The van der Waals surface area contributed by atoms with Gasteiger partial charge in [0.05, 0.1) is 18.7 Å². The highest BCUT2D eigenvalue weighted by molar-refractivity contribution is 6.06. The van der Waals surface area contributed by atoms with Crippen LogP contribution in [0.2, 0.25) is 0 Å². The Balaban J connectivity index is 1.32. The van der Waals surface area contributed by atoms with Crippen LogP contribution in [0.15, 0.2) is 66.7 Å². The van der Waals surface area contributed by atoms with Gasteiger partial charge in [0.25, 0.3) is 5.91 Å². The van der Waals surface area contributed by atoms with Crippen molar-refractivity contribution >= 4 is 23.3 Å². The molecule has 1 aliphatic heterocycles. The Morgan fingerprint density at radius 3 is 2.57 bits per heavy atom. The highest BCUT2D eigenvalue weighted by Gasteiger charge is 2.53. The number of rotatable bonds is 4. The van der Waals surface area contributed by atoms with Crippen LogP contribution >= 0.6 is 0 Å². The SMILES string of the molecule is COC(=O)c1cccc(NC(=O)c2ccc3c(c2)[C@@H]2[C@H]4CC[C@@H](C4)[C@H]2[C@H](c2ccccc2)N3)c1C. The van der Waals surface area contributed by atoms with E-state index in [1.807, 2.05) is 19.1 Å². The van der Waals surface area contributed by atoms with Gasteiger partial charge in [-0.1, -0.05) is 36.4 Å². The molecule has 35 heavy (non-hydrogen) atoms. The Morgan fingerprint density at radius 1 is 0.971 bits per heavy atom. The van der Waals surface area contributed by atoms with Gasteiger partial charge in [-0.25, -0.2) is 4.79 Å². The zero-order valence-corrected chi connectivity index (χ0v) is 20.1. The minimum absolute atomic E-state index is 0.164. The average molecular weight is 467 g/mol. The van der Waals surface area contributed by atoms with E-state index in [4.69, 9.17) is 4.74 Å². The lowest BCUT2D eigenvalue weighted by molar-refractivity contribution is 0.0599. The van der Waals surface area contributed by atoms with E-state index in [1.54, 1.807) is 12.1 Å². The number of hydrogen-bond donors (Lipinski definition) is 2. The number of esters is 1. The Kier molecular flexibility index (Phi) is 5.36. The summed E-state index contributed by atoms with van der Waals surface area (Å²) in [6.07, 6.45) is 3.88. The van der Waals surface area contributed by atoms with E-state index in [2.05, 4.69) is 53.1 Å². The van der Waals surface area contributed by atoms with Gasteiger partial charge in [0.1, 0.15) is 0 Å². The highest BCUT2D eigenvalue weighted by Crippen LogP contribution is 2.63. The molecule has 1 heterocycles. The third kappa shape index (κ3) is 3.61. The Morgan fingerprint density at radius 2 is 1.77 bits per heavy atom. The molecule has 2 aliphatic carbocycles. The normalized spacial score (nSPS) is 25.8. The Bertz CT molecular complexity index is 1300. The molecule has 0 spiro atoms. The van der Waals surface area contributed by atoms with Crippen LogP contribution in [0.1, 0.15) is 68.6 Å². The summed E-state index contributed by atoms with van der Waals surface area (Å²) in [6.45, 7) is 1.82. The molecule has 2 fully saturated rings. The van der Waals surface area contributed by atoms with Gasteiger partial charge in [-0.15, -0.1) is 0 Å². The van der Waals surface area contributed by atoms with Crippen molar-refractivity contribution in [2.75, 3.05) is 17.7 Å². The lowest BCUT2D eigenvalue weighted by Crippen LogP contribution is -2.35. The zero-order chi connectivity index (χ0) is 24.1. The van der Waals surface area contributed by atoms with E-state index in [0.717, 1.165) is 11.6 Å². The fourth-order valence-corrected chi connectivity index (χ4v) is 6.91. The van der Waals surface area contributed by atoms with Crippen molar-refractivity contribution in [3.8, 4) is 0 Å². The molecule has 0 aromatic heterocycles. The van der Waals surface area contributed by atoms with E-state index in [-0.39, 0.29) is 5.91 Å². The number of amides is 1. The summed E-state index contributed by atoms with van der Waals surface area (Å²) in [5.41, 5.74) is 6.20. The topological polar surface area (TPSA) is 67.4 Å². The van der Waals surface area contributed by atoms with Crippen LogP contribution in [0.25, 0.3) is 0 Å². The predicted octanol–water partition coefficient (Wildman–Crippen LogP) is 6.33. The molecule has 2 saturated carbocycles. The molecule has 6 rings (SSSR count). The second-order valence-electron chi connectivity index (χ2n) is 10.2. The summed E-state index contributed by atoms with van der Waals surface area (Å²) < 4.78 is 4.87. The fourth-order valence-electron chi connectivity index (χ4n) is 6.91. The van der Waals surface area contributed by atoms with E-state index in [1.165, 1.54) is 37.5 Å². The van der Waals surface area contributed by atoms with Crippen LogP contribution in [0, 0.1) is 24.7 Å². The molecule has 0 radical (unpaired) electrons. The van der Waals surface area contributed by atoms with Crippen LogP contribution < -0.4 is 10.6 Å². The van der Waals surface area contributed by atoms with Gasteiger partial charge in [-0.3, -0.25) is 4.79 Å². The summed E-state index contributed by atoms with van der Waals surface area (Å²) in [5, 5.41) is 6.85. The number of hydrogen-bond acceptors (Lipinski definition) is 4. The van der Waals surface area contributed by atoms with Crippen molar-refractivity contribution < 1.29 is 14.3 Å². The first-order valence-corrected chi connectivity index (χ1v) is 12.5. The zero-order valence-electron chi connectivity index (χ0n) is 20.1. The molecule has 3 aliphatic rings. The molecule has 2 bridgehead atoms. The summed E-state index contributed by atoms with van der Waals surface area (Å²) in [4.78, 5) is 25.4. The van der Waals surface area contributed by atoms with Crippen LogP contribution in [-0.2, 0) is 4.74 Å².